The summed E-state index contributed by atoms with van der Waals surface area (Å²) >= 11 is 1.59. The summed E-state index contributed by atoms with van der Waals surface area (Å²) in [4.78, 5) is 12.3. The third-order valence-electron chi connectivity index (χ3n) is 5.53. The lowest BCUT2D eigenvalue weighted by molar-refractivity contribution is -0.121. The van der Waals surface area contributed by atoms with Crippen molar-refractivity contribution in [3.8, 4) is 5.75 Å². The molecule has 0 fully saturated rings. The number of rotatable bonds is 15. The molecule has 1 heterocycles. The smallest absolute Gasteiger partial charge is 0.220 e. The van der Waals surface area contributed by atoms with E-state index in [2.05, 4.69) is 20.1 Å². The summed E-state index contributed by atoms with van der Waals surface area (Å²) < 4.78 is 25.8. The van der Waals surface area contributed by atoms with Crippen LogP contribution in [0.4, 0.5) is 4.39 Å². The Balaban J connectivity index is 1.48. The van der Waals surface area contributed by atoms with Gasteiger partial charge in [0.05, 0.1) is 7.11 Å². The van der Waals surface area contributed by atoms with Crippen molar-refractivity contribution in [1.82, 2.24) is 20.1 Å². The van der Waals surface area contributed by atoms with E-state index in [0.717, 1.165) is 60.1 Å². The summed E-state index contributed by atoms with van der Waals surface area (Å²) in [7, 11) is 3.32. The molecule has 3 aromatic rings. The molecule has 0 saturated carbocycles. The molecule has 0 saturated heterocycles. The van der Waals surface area contributed by atoms with E-state index in [1.54, 1.807) is 38.1 Å². The number of nitrogens with zero attached hydrogens (tertiary/aromatic N) is 3. The van der Waals surface area contributed by atoms with E-state index in [9.17, 15) is 9.18 Å². The highest BCUT2D eigenvalue weighted by Gasteiger charge is 2.13. The summed E-state index contributed by atoms with van der Waals surface area (Å²) in [5, 5.41) is 12.6. The Morgan fingerprint density at radius 1 is 1.06 bits per heavy atom. The molecule has 7 nitrogen and oxygen atoms in total. The number of halogens is 1. The molecule has 0 aliphatic heterocycles. The van der Waals surface area contributed by atoms with Gasteiger partial charge in [0.25, 0.3) is 0 Å². The molecule has 1 aromatic heterocycles. The van der Waals surface area contributed by atoms with Crippen LogP contribution in [-0.2, 0) is 34.8 Å². The number of hydrogen-bond donors (Lipinski definition) is 1. The number of carbonyl (C=O) groups is 1. The van der Waals surface area contributed by atoms with Crippen LogP contribution in [0.5, 0.6) is 5.75 Å². The molecule has 3 rings (SSSR count). The van der Waals surface area contributed by atoms with Gasteiger partial charge in [-0.25, -0.2) is 4.39 Å². The molecule has 35 heavy (non-hydrogen) atoms. The normalized spacial score (nSPS) is 10.9. The molecule has 0 aliphatic rings. The molecule has 0 unspecified atom stereocenters. The van der Waals surface area contributed by atoms with E-state index in [0.29, 0.717) is 25.3 Å². The Kier molecular flexibility index (Phi) is 11.0. The maximum Gasteiger partial charge on any atom is 0.220 e. The van der Waals surface area contributed by atoms with E-state index in [-0.39, 0.29) is 11.7 Å². The number of unbranched alkanes of at least 4 members (excludes halogenated alkanes) is 1. The zero-order valence-electron chi connectivity index (χ0n) is 20.3. The minimum atomic E-state index is -0.239. The Labute approximate surface area is 210 Å². The Bertz CT molecular complexity index is 1060. The number of benzene rings is 2. The first-order chi connectivity index (χ1) is 17.1. The van der Waals surface area contributed by atoms with Crippen molar-refractivity contribution in [3.63, 3.8) is 0 Å². The number of ether oxygens (including phenoxy) is 2. The number of thioether (sulfide) groups is 1. The summed E-state index contributed by atoms with van der Waals surface area (Å²) in [6.07, 6.45) is 3.67. The molecule has 1 N–H and O–H groups in total. The summed E-state index contributed by atoms with van der Waals surface area (Å²) in [6.45, 7) is 1.87. The van der Waals surface area contributed by atoms with Gasteiger partial charge < -0.3 is 19.4 Å². The van der Waals surface area contributed by atoms with Crippen molar-refractivity contribution >= 4 is 17.7 Å². The Morgan fingerprint density at radius 3 is 2.63 bits per heavy atom. The van der Waals surface area contributed by atoms with Crippen molar-refractivity contribution in [2.75, 3.05) is 20.8 Å². The molecule has 0 bridgehead atoms. The molecule has 0 atom stereocenters. The maximum absolute atomic E-state index is 13.2. The summed E-state index contributed by atoms with van der Waals surface area (Å²) in [5.74, 6) is 2.16. The van der Waals surface area contributed by atoms with Crippen LogP contribution in [0.25, 0.3) is 0 Å². The van der Waals surface area contributed by atoms with Gasteiger partial charge in [-0.2, -0.15) is 0 Å². The van der Waals surface area contributed by atoms with Crippen LogP contribution < -0.4 is 10.1 Å². The average molecular weight is 501 g/mol. The zero-order valence-corrected chi connectivity index (χ0v) is 21.2. The van der Waals surface area contributed by atoms with E-state index < -0.39 is 0 Å². The number of hydrogen-bond acceptors (Lipinski definition) is 6. The Morgan fingerprint density at radius 2 is 1.86 bits per heavy atom. The highest BCUT2D eigenvalue weighted by Crippen LogP contribution is 2.23. The molecule has 0 spiro atoms. The van der Waals surface area contributed by atoms with E-state index in [4.69, 9.17) is 9.47 Å². The fourth-order valence-corrected chi connectivity index (χ4v) is 4.57. The van der Waals surface area contributed by atoms with Gasteiger partial charge in [-0.3, -0.25) is 4.79 Å². The summed E-state index contributed by atoms with van der Waals surface area (Å²) in [5.41, 5.74) is 1.99. The molecule has 188 valence electrons. The molecule has 9 heteroatoms. The van der Waals surface area contributed by atoms with Crippen LogP contribution in [0.2, 0.25) is 0 Å². The van der Waals surface area contributed by atoms with E-state index in [1.807, 2.05) is 24.3 Å². The number of para-hydroxylation sites is 1. The lowest BCUT2D eigenvalue weighted by Gasteiger charge is -2.11. The number of carbonyl (C=O) groups excluding carboxylic acids is 1. The van der Waals surface area contributed by atoms with Gasteiger partial charge in [-0.05, 0) is 43.0 Å². The van der Waals surface area contributed by atoms with Crippen LogP contribution in [0.3, 0.4) is 0 Å². The average Bonchev–Trinajstić information content (AvgIpc) is 3.26. The fraction of sp³-hybridized carbons (Fsp3) is 0.423. The first kappa shape index (κ1) is 26.7. The Hall–Kier alpha value is -2.91. The van der Waals surface area contributed by atoms with E-state index in [1.165, 1.54) is 12.1 Å². The van der Waals surface area contributed by atoms with Gasteiger partial charge in [-0.15, -0.1) is 10.2 Å². The lowest BCUT2D eigenvalue weighted by atomic mass is 10.1. The lowest BCUT2D eigenvalue weighted by Crippen LogP contribution is -2.22. The van der Waals surface area contributed by atoms with E-state index >= 15 is 0 Å². The molecule has 0 aliphatic carbocycles. The number of methoxy groups -OCH3 is 2. The molecular formula is C26H33FN4O3S. The van der Waals surface area contributed by atoms with Gasteiger partial charge in [0.1, 0.15) is 17.4 Å². The minimum absolute atomic E-state index is 0.0213. The SMILES string of the molecule is COCCCn1c(CCCCC(=O)NCc2ccccc2OC)nnc1SCc1ccc(F)cc1. The molecule has 1 amide bonds. The monoisotopic (exact) mass is 500 g/mol. The second-order valence-electron chi connectivity index (χ2n) is 8.11. The largest absolute Gasteiger partial charge is 0.496 e. The van der Waals surface area contributed by atoms with Gasteiger partial charge >= 0.3 is 0 Å². The molecular weight excluding hydrogens is 467 g/mol. The van der Waals surface area contributed by atoms with Gasteiger partial charge in [0, 0.05) is 51.0 Å². The van der Waals surface area contributed by atoms with Gasteiger partial charge in [0.2, 0.25) is 5.91 Å². The second kappa shape index (κ2) is 14.5. The van der Waals surface area contributed by atoms with Crippen LogP contribution in [0, 0.1) is 5.82 Å². The van der Waals surface area contributed by atoms with Crippen molar-refractivity contribution in [2.45, 2.75) is 56.1 Å². The number of aromatic nitrogens is 3. The van der Waals surface area contributed by atoms with Crippen molar-refractivity contribution in [3.05, 3.63) is 71.3 Å². The van der Waals surface area contributed by atoms with Crippen molar-refractivity contribution in [1.29, 1.82) is 0 Å². The van der Waals surface area contributed by atoms with Crippen LogP contribution in [0.1, 0.15) is 42.6 Å². The summed E-state index contributed by atoms with van der Waals surface area (Å²) in [6, 6.07) is 14.2. The predicted molar refractivity (Wildman–Crippen MR) is 135 cm³/mol. The fourth-order valence-electron chi connectivity index (χ4n) is 3.63. The standard InChI is InChI=1S/C26H33FN4O3S/c1-33-17-7-16-31-24(29-30-26(31)35-19-20-12-14-22(27)15-13-20)10-5-6-11-25(32)28-18-21-8-3-4-9-23(21)34-2/h3-4,8-9,12-15H,5-7,10-11,16-19H2,1-2H3,(H,28,32). The molecule has 2 aromatic carbocycles. The number of amides is 1. The quantitative estimate of drug-likeness (QED) is 0.239. The number of nitrogens with one attached hydrogen (secondary N) is 1. The first-order valence-electron chi connectivity index (χ1n) is 11.8. The first-order valence-corrected chi connectivity index (χ1v) is 12.8. The predicted octanol–water partition coefficient (Wildman–Crippen LogP) is 4.78. The van der Waals surface area contributed by atoms with Crippen LogP contribution in [0.15, 0.2) is 53.7 Å². The third-order valence-corrected chi connectivity index (χ3v) is 6.57. The number of aryl methyl sites for hydroxylation is 1. The second-order valence-corrected chi connectivity index (χ2v) is 9.05. The topological polar surface area (TPSA) is 78.3 Å². The molecule has 0 radical (unpaired) electrons. The maximum atomic E-state index is 13.2. The van der Waals surface area contributed by atoms with Crippen LogP contribution >= 0.6 is 11.8 Å². The van der Waals surface area contributed by atoms with Crippen LogP contribution in [-0.4, -0.2) is 41.5 Å². The minimum Gasteiger partial charge on any atom is -0.496 e. The van der Waals surface area contributed by atoms with Gasteiger partial charge in [-0.1, -0.05) is 42.1 Å². The third kappa shape index (κ3) is 8.67. The highest BCUT2D eigenvalue weighted by atomic mass is 32.2. The highest BCUT2D eigenvalue weighted by molar-refractivity contribution is 7.98. The van der Waals surface area contributed by atoms with Crippen molar-refractivity contribution in [2.24, 2.45) is 0 Å². The zero-order chi connectivity index (χ0) is 24.9. The van der Waals surface area contributed by atoms with Gasteiger partial charge in [0.15, 0.2) is 5.16 Å². The van der Waals surface area contributed by atoms with Crippen molar-refractivity contribution < 1.29 is 18.7 Å².